The Morgan fingerprint density at radius 1 is 1.09 bits per heavy atom. The third-order valence-electron chi connectivity index (χ3n) is 5.52. The van der Waals surface area contributed by atoms with Gasteiger partial charge in [0, 0.05) is 24.2 Å². The Morgan fingerprint density at radius 2 is 1.73 bits per heavy atom. The molecule has 1 aliphatic heterocycles. The van der Waals surface area contributed by atoms with Crippen LogP contribution >= 0.6 is 0 Å². The van der Waals surface area contributed by atoms with Crippen LogP contribution < -0.4 is 0 Å². The van der Waals surface area contributed by atoms with Crippen LogP contribution in [0.15, 0.2) is 54.1 Å². The van der Waals surface area contributed by atoms with Crippen molar-refractivity contribution in [1.29, 1.82) is 0 Å². The second kappa shape index (κ2) is 10.4. The fourth-order valence-electron chi connectivity index (χ4n) is 3.75. The van der Waals surface area contributed by atoms with Gasteiger partial charge in [0.05, 0.1) is 36.4 Å². The van der Waals surface area contributed by atoms with Crippen molar-refractivity contribution in [3.05, 3.63) is 80.9 Å². The van der Waals surface area contributed by atoms with E-state index in [0.717, 1.165) is 5.56 Å². The number of aliphatic hydroxyl groups is 2. The van der Waals surface area contributed by atoms with Gasteiger partial charge in [-0.3, -0.25) is 19.7 Å². The number of carbonyl (C=O) groups is 2. The Kier molecular flexibility index (Phi) is 7.57. The van der Waals surface area contributed by atoms with Crippen molar-refractivity contribution in [2.45, 2.75) is 25.8 Å². The first-order valence-electron chi connectivity index (χ1n) is 10.6. The zero-order valence-corrected chi connectivity index (χ0v) is 18.4. The predicted molar refractivity (Wildman–Crippen MR) is 121 cm³/mol. The lowest BCUT2D eigenvalue weighted by Gasteiger charge is -2.25. The molecule has 0 saturated carbocycles. The molecule has 0 bridgehead atoms. The van der Waals surface area contributed by atoms with Crippen molar-refractivity contribution in [2.24, 2.45) is 0 Å². The zero-order chi connectivity index (χ0) is 24.1. The summed E-state index contributed by atoms with van der Waals surface area (Å²) in [5, 5.41) is 30.8. The van der Waals surface area contributed by atoms with E-state index in [1.165, 1.54) is 29.2 Å². The van der Waals surface area contributed by atoms with Gasteiger partial charge in [-0.15, -0.1) is 0 Å². The molecule has 1 heterocycles. The largest absolute Gasteiger partial charge is 0.507 e. The highest BCUT2D eigenvalue weighted by molar-refractivity contribution is 6.46. The van der Waals surface area contributed by atoms with Crippen molar-refractivity contribution in [1.82, 2.24) is 4.90 Å². The number of non-ortho nitro benzene ring substituents is 1. The lowest BCUT2D eigenvalue weighted by Crippen LogP contribution is -2.33. The van der Waals surface area contributed by atoms with E-state index in [1.54, 1.807) is 0 Å². The molecule has 2 aromatic rings. The summed E-state index contributed by atoms with van der Waals surface area (Å²) in [6.45, 7) is 4.21. The summed E-state index contributed by atoms with van der Waals surface area (Å²) < 4.78 is 5.28. The number of amides is 1. The summed E-state index contributed by atoms with van der Waals surface area (Å²) in [5.74, 6) is -1.73. The number of likely N-dealkylation sites (tertiary alicyclic amines) is 1. The molecule has 2 aromatic carbocycles. The number of aliphatic hydroxyl groups excluding tert-OH is 2. The van der Waals surface area contributed by atoms with Gasteiger partial charge in [0.25, 0.3) is 17.4 Å². The summed E-state index contributed by atoms with van der Waals surface area (Å²) >= 11 is 0. The minimum atomic E-state index is -0.848. The molecule has 1 amide bonds. The van der Waals surface area contributed by atoms with Crippen LogP contribution in [0, 0.1) is 10.1 Å². The Hall–Kier alpha value is -3.56. The van der Waals surface area contributed by atoms with Crippen LogP contribution in [0.2, 0.25) is 0 Å². The first-order valence-corrected chi connectivity index (χ1v) is 10.6. The molecule has 0 aliphatic carbocycles. The maximum Gasteiger partial charge on any atom is 0.295 e. The minimum absolute atomic E-state index is 0.0816. The van der Waals surface area contributed by atoms with Gasteiger partial charge in [0.1, 0.15) is 5.76 Å². The van der Waals surface area contributed by atoms with E-state index >= 15 is 0 Å². The average Bonchev–Trinajstić information content (AvgIpc) is 3.06. The fourth-order valence-corrected chi connectivity index (χ4v) is 3.75. The van der Waals surface area contributed by atoms with Crippen LogP contribution in [-0.2, 0) is 14.3 Å². The first-order chi connectivity index (χ1) is 15.8. The van der Waals surface area contributed by atoms with Crippen molar-refractivity contribution in [2.75, 3.05) is 26.4 Å². The Labute approximate surface area is 191 Å². The molecular weight excluding hydrogens is 428 g/mol. The first kappa shape index (κ1) is 24.1. The number of hydrogen-bond acceptors (Lipinski definition) is 7. The smallest absolute Gasteiger partial charge is 0.295 e. The van der Waals surface area contributed by atoms with Gasteiger partial charge in [-0.05, 0) is 29.2 Å². The number of ether oxygens (including phenoxy) is 1. The highest BCUT2D eigenvalue weighted by Crippen LogP contribution is 2.39. The number of nitro groups is 1. The molecule has 0 aromatic heterocycles. The van der Waals surface area contributed by atoms with Gasteiger partial charge in [-0.25, -0.2) is 0 Å². The molecule has 174 valence electrons. The van der Waals surface area contributed by atoms with Gasteiger partial charge in [-0.1, -0.05) is 38.1 Å². The molecule has 1 fully saturated rings. The number of carbonyl (C=O) groups excluding carboxylic acids is 2. The van der Waals surface area contributed by atoms with E-state index in [-0.39, 0.29) is 49.1 Å². The van der Waals surface area contributed by atoms with E-state index in [2.05, 4.69) is 0 Å². The molecule has 3 rings (SSSR count). The molecule has 9 nitrogen and oxygen atoms in total. The Bertz CT molecular complexity index is 1060. The second-order valence-corrected chi connectivity index (χ2v) is 7.95. The summed E-state index contributed by atoms with van der Waals surface area (Å²) in [7, 11) is 0. The molecule has 9 heteroatoms. The highest BCUT2D eigenvalue weighted by Gasteiger charge is 2.45. The van der Waals surface area contributed by atoms with Gasteiger partial charge < -0.3 is 19.8 Å². The van der Waals surface area contributed by atoms with E-state index in [1.807, 2.05) is 38.1 Å². The molecule has 0 unspecified atom stereocenters. The molecule has 33 heavy (non-hydrogen) atoms. The van der Waals surface area contributed by atoms with E-state index in [4.69, 9.17) is 9.84 Å². The van der Waals surface area contributed by atoms with Crippen LogP contribution in [0.3, 0.4) is 0 Å². The second-order valence-electron chi connectivity index (χ2n) is 7.95. The maximum absolute atomic E-state index is 13.0. The number of benzene rings is 2. The molecule has 2 N–H and O–H groups in total. The topological polar surface area (TPSA) is 130 Å². The molecule has 1 atom stereocenters. The summed E-state index contributed by atoms with van der Waals surface area (Å²) in [5.41, 5.74) is 1.67. The quantitative estimate of drug-likeness (QED) is 0.149. The SMILES string of the molecule is CC(C)c1ccc([C@H]2/C(=C(\O)c3ccc([N+](=O)[O-])cc3)C(=O)C(=O)N2CCOCCO)cc1. The van der Waals surface area contributed by atoms with E-state index in [0.29, 0.717) is 5.56 Å². The van der Waals surface area contributed by atoms with Gasteiger partial charge in [0.2, 0.25) is 0 Å². The summed E-state index contributed by atoms with van der Waals surface area (Å²) in [6, 6.07) is 11.7. The minimum Gasteiger partial charge on any atom is -0.507 e. The van der Waals surface area contributed by atoms with Crippen molar-refractivity contribution in [3.8, 4) is 0 Å². The average molecular weight is 454 g/mol. The zero-order valence-electron chi connectivity index (χ0n) is 18.4. The maximum atomic E-state index is 13.0. The molecule has 1 saturated heterocycles. The normalized spacial score (nSPS) is 17.7. The number of nitrogens with zero attached hydrogens (tertiary/aromatic N) is 2. The van der Waals surface area contributed by atoms with Crippen molar-refractivity contribution in [3.63, 3.8) is 0 Å². The number of hydrogen-bond donors (Lipinski definition) is 2. The van der Waals surface area contributed by atoms with Crippen LogP contribution in [-0.4, -0.2) is 58.1 Å². The molecule has 0 spiro atoms. The number of Topliss-reactive ketones (excluding diaryl/α,β-unsaturated/α-hetero) is 1. The number of nitro benzene ring substituents is 1. The Balaban J connectivity index is 2.06. The van der Waals surface area contributed by atoms with Crippen molar-refractivity contribution >= 4 is 23.1 Å². The van der Waals surface area contributed by atoms with E-state index in [9.17, 15) is 24.8 Å². The Morgan fingerprint density at radius 3 is 2.27 bits per heavy atom. The summed E-state index contributed by atoms with van der Waals surface area (Å²) in [6.07, 6.45) is 0. The number of ketones is 1. The number of rotatable bonds is 9. The predicted octanol–water partition coefficient (Wildman–Crippen LogP) is 3.15. The monoisotopic (exact) mass is 454 g/mol. The lowest BCUT2D eigenvalue weighted by molar-refractivity contribution is -0.384. The third-order valence-corrected chi connectivity index (χ3v) is 5.52. The summed E-state index contributed by atoms with van der Waals surface area (Å²) in [4.78, 5) is 37.5. The fraction of sp³-hybridized carbons (Fsp3) is 0.333. The lowest BCUT2D eigenvalue weighted by atomic mass is 9.93. The standard InChI is InChI=1S/C24H26N2O7/c1-15(2)16-3-5-17(6-4-16)21-20(22(28)18-7-9-19(10-8-18)26(31)32)23(29)24(30)25(21)11-13-33-14-12-27/h3-10,15,21,27-28H,11-14H2,1-2H3/b22-20+/t21-/m0/s1. The van der Waals surface area contributed by atoms with Gasteiger partial charge >= 0.3 is 0 Å². The van der Waals surface area contributed by atoms with Gasteiger partial charge in [0.15, 0.2) is 0 Å². The molecular formula is C24H26N2O7. The van der Waals surface area contributed by atoms with Crippen molar-refractivity contribution < 1.29 is 29.5 Å². The molecule has 0 radical (unpaired) electrons. The van der Waals surface area contributed by atoms with Crippen LogP contribution in [0.5, 0.6) is 0 Å². The van der Waals surface area contributed by atoms with Crippen LogP contribution in [0.25, 0.3) is 5.76 Å². The highest BCUT2D eigenvalue weighted by atomic mass is 16.6. The third kappa shape index (κ3) is 5.10. The van der Waals surface area contributed by atoms with E-state index < -0.39 is 28.4 Å². The molecule has 1 aliphatic rings. The van der Waals surface area contributed by atoms with Gasteiger partial charge in [-0.2, -0.15) is 0 Å². The van der Waals surface area contributed by atoms with Crippen LogP contribution in [0.1, 0.15) is 42.5 Å². The van der Waals surface area contributed by atoms with Crippen LogP contribution in [0.4, 0.5) is 5.69 Å².